The van der Waals surface area contributed by atoms with Crippen LogP contribution < -0.4 is 5.73 Å². The molecular formula is C17H27NO. The Bertz CT molecular complexity index is 433. The van der Waals surface area contributed by atoms with Gasteiger partial charge < -0.3 is 10.8 Å². The van der Waals surface area contributed by atoms with Crippen LogP contribution >= 0.6 is 0 Å². The molecule has 3 N–H and O–H groups in total. The molecule has 1 aromatic carbocycles. The third-order valence-corrected chi connectivity index (χ3v) is 4.98. The first-order valence-electron chi connectivity index (χ1n) is 7.44. The van der Waals surface area contributed by atoms with Crippen molar-refractivity contribution in [2.45, 2.75) is 52.6 Å². The smallest absolute Gasteiger partial charge is 0.0860 e. The zero-order chi connectivity index (χ0) is 14.0. The predicted octanol–water partition coefficient (Wildman–Crippen LogP) is 3.49. The molecule has 1 unspecified atom stereocenters. The lowest BCUT2D eigenvalue weighted by molar-refractivity contribution is -0.00855. The van der Waals surface area contributed by atoms with Crippen LogP contribution in [0.1, 0.15) is 55.4 Å². The molecule has 0 aromatic heterocycles. The summed E-state index contributed by atoms with van der Waals surface area (Å²) in [5, 5.41) is 10.9. The molecule has 0 heterocycles. The molecule has 2 heteroatoms. The van der Waals surface area contributed by atoms with Crippen molar-refractivity contribution < 1.29 is 5.11 Å². The van der Waals surface area contributed by atoms with Gasteiger partial charge in [0.15, 0.2) is 0 Å². The van der Waals surface area contributed by atoms with E-state index in [4.69, 9.17) is 5.73 Å². The fourth-order valence-corrected chi connectivity index (χ4v) is 3.39. The molecule has 1 fully saturated rings. The molecule has 1 aromatic rings. The molecule has 1 atom stereocenters. The lowest BCUT2D eigenvalue weighted by Gasteiger charge is -2.42. The largest absolute Gasteiger partial charge is 0.388 e. The van der Waals surface area contributed by atoms with E-state index in [2.05, 4.69) is 39.0 Å². The minimum absolute atomic E-state index is 0.119. The van der Waals surface area contributed by atoms with Crippen molar-refractivity contribution in [3.8, 4) is 0 Å². The second kappa shape index (κ2) is 5.64. The maximum absolute atomic E-state index is 10.9. The van der Waals surface area contributed by atoms with Crippen molar-refractivity contribution in [1.82, 2.24) is 0 Å². The van der Waals surface area contributed by atoms with Crippen molar-refractivity contribution in [2.24, 2.45) is 17.1 Å². The second-order valence-electron chi connectivity index (χ2n) is 6.51. The van der Waals surface area contributed by atoms with Gasteiger partial charge in [-0.2, -0.15) is 0 Å². The maximum Gasteiger partial charge on any atom is 0.0860 e. The van der Waals surface area contributed by atoms with E-state index in [0.29, 0.717) is 6.54 Å². The van der Waals surface area contributed by atoms with Gasteiger partial charge in [0.05, 0.1) is 6.10 Å². The third-order valence-electron chi connectivity index (χ3n) is 4.98. The molecule has 2 rings (SSSR count). The number of nitrogens with two attached hydrogens (primary N) is 1. The number of aliphatic hydroxyl groups is 1. The summed E-state index contributed by atoms with van der Waals surface area (Å²) < 4.78 is 0. The van der Waals surface area contributed by atoms with Crippen molar-refractivity contribution in [3.63, 3.8) is 0 Å². The van der Waals surface area contributed by atoms with Crippen molar-refractivity contribution >= 4 is 0 Å². The van der Waals surface area contributed by atoms with Crippen LogP contribution in [0.4, 0.5) is 0 Å². The van der Waals surface area contributed by atoms with Gasteiger partial charge in [0.1, 0.15) is 0 Å². The summed E-state index contributed by atoms with van der Waals surface area (Å²) in [7, 11) is 0. The minimum Gasteiger partial charge on any atom is -0.388 e. The molecule has 1 aliphatic rings. The highest BCUT2D eigenvalue weighted by atomic mass is 16.3. The fraction of sp³-hybridized carbons (Fsp3) is 0.647. The van der Waals surface area contributed by atoms with Gasteiger partial charge in [-0.3, -0.25) is 0 Å². The van der Waals surface area contributed by atoms with E-state index in [0.717, 1.165) is 24.3 Å². The van der Waals surface area contributed by atoms with Crippen molar-refractivity contribution in [3.05, 3.63) is 34.9 Å². The molecule has 19 heavy (non-hydrogen) atoms. The van der Waals surface area contributed by atoms with E-state index < -0.39 is 6.10 Å². The van der Waals surface area contributed by atoms with Gasteiger partial charge in [-0.1, -0.05) is 43.5 Å². The Morgan fingerprint density at radius 3 is 2.47 bits per heavy atom. The molecule has 0 saturated heterocycles. The summed E-state index contributed by atoms with van der Waals surface area (Å²) in [4.78, 5) is 0. The molecule has 0 aliphatic heterocycles. The summed E-state index contributed by atoms with van der Waals surface area (Å²) in [6.07, 6.45) is 4.02. The molecule has 0 spiro atoms. The third kappa shape index (κ3) is 2.85. The fourth-order valence-electron chi connectivity index (χ4n) is 3.39. The van der Waals surface area contributed by atoms with E-state index in [1.807, 2.05) is 0 Å². The van der Waals surface area contributed by atoms with Crippen LogP contribution in [0.5, 0.6) is 0 Å². The Kier molecular flexibility index (Phi) is 4.32. The number of rotatable bonds is 3. The van der Waals surface area contributed by atoms with E-state index >= 15 is 0 Å². The van der Waals surface area contributed by atoms with Crippen LogP contribution in [0, 0.1) is 25.2 Å². The first kappa shape index (κ1) is 14.5. The van der Waals surface area contributed by atoms with Crippen LogP contribution in [0.2, 0.25) is 0 Å². The van der Waals surface area contributed by atoms with E-state index in [1.54, 1.807) is 0 Å². The Morgan fingerprint density at radius 1 is 1.32 bits per heavy atom. The summed E-state index contributed by atoms with van der Waals surface area (Å²) in [5.74, 6) is 0.769. The van der Waals surface area contributed by atoms with Gasteiger partial charge in [0.25, 0.3) is 0 Å². The van der Waals surface area contributed by atoms with Crippen LogP contribution in [-0.2, 0) is 0 Å². The lowest BCUT2D eigenvalue weighted by Crippen LogP contribution is -2.40. The van der Waals surface area contributed by atoms with Crippen molar-refractivity contribution in [1.29, 1.82) is 0 Å². The summed E-state index contributed by atoms with van der Waals surface area (Å²) in [5.41, 5.74) is 9.41. The summed E-state index contributed by atoms with van der Waals surface area (Å²) >= 11 is 0. The average molecular weight is 261 g/mol. The maximum atomic E-state index is 10.9. The standard InChI is InChI=1S/C17H27NO/c1-12-6-8-17(11-18,9-7-12)16(19)15-5-4-13(2)10-14(15)3/h4-5,10,12,16,19H,6-9,11,18H2,1-3H3. The predicted molar refractivity (Wildman–Crippen MR) is 80.0 cm³/mol. The number of aryl methyl sites for hydroxylation is 2. The molecule has 0 bridgehead atoms. The molecule has 0 amide bonds. The molecule has 2 nitrogen and oxygen atoms in total. The molecule has 0 radical (unpaired) electrons. The van der Waals surface area contributed by atoms with E-state index in [-0.39, 0.29) is 5.41 Å². The first-order valence-corrected chi connectivity index (χ1v) is 7.44. The Labute approximate surface area is 117 Å². The Morgan fingerprint density at radius 2 is 1.95 bits per heavy atom. The van der Waals surface area contributed by atoms with Crippen LogP contribution in [0.3, 0.4) is 0 Å². The number of hydrogen-bond acceptors (Lipinski definition) is 2. The Hall–Kier alpha value is -0.860. The Balaban J connectivity index is 2.27. The van der Waals surface area contributed by atoms with Gasteiger partial charge in [0.2, 0.25) is 0 Å². The number of hydrogen-bond donors (Lipinski definition) is 2. The average Bonchev–Trinajstić information content (AvgIpc) is 2.39. The minimum atomic E-state index is -0.425. The quantitative estimate of drug-likeness (QED) is 0.875. The zero-order valence-corrected chi connectivity index (χ0v) is 12.4. The highest BCUT2D eigenvalue weighted by Gasteiger charge is 2.40. The molecular weight excluding hydrogens is 234 g/mol. The van der Waals surface area contributed by atoms with Crippen LogP contribution in [0.25, 0.3) is 0 Å². The van der Waals surface area contributed by atoms with Gasteiger partial charge in [0, 0.05) is 12.0 Å². The van der Waals surface area contributed by atoms with Crippen molar-refractivity contribution in [2.75, 3.05) is 6.54 Å². The number of benzene rings is 1. The topological polar surface area (TPSA) is 46.2 Å². The van der Waals surface area contributed by atoms with Crippen LogP contribution in [-0.4, -0.2) is 11.7 Å². The van der Waals surface area contributed by atoms with Gasteiger partial charge in [-0.05, 0) is 43.7 Å². The first-order chi connectivity index (χ1) is 8.98. The van der Waals surface area contributed by atoms with Crippen LogP contribution in [0.15, 0.2) is 18.2 Å². The number of aliphatic hydroxyl groups excluding tert-OH is 1. The van der Waals surface area contributed by atoms with E-state index in [1.165, 1.54) is 24.0 Å². The zero-order valence-electron chi connectivity index (χ0n) is 12.4. The lowest BCUT2D eigenvalue weighted by atomic mass is 9.66. The summed E-state index contributed by atoms with van der Waals surface area (Å²) in [6.45, 7) is 7.05. The molecule has 1 saturated carbocycles. The molecule has 1 aliphatic carbocycles. The highest BCUT2D eigenvalue weighted by molar-refractivity contribution is 5.33. The SMILES string of the molecule is Cc1ccc(C(O)C2(CN)CCC(C)CC2)c(C)c1. The van der Waals surface area contributed by atoms with Gasteiger partial charge >= 0.3 is 0 Å². The second-order valence-corrected chi connectivity index (χ2v) is 6.51. The normalized spacial score (nSPS) is 29.2. The van der Waals surface area contributed by atoms with Gasteiger partial charge in [-0.15, -0.1) is 0 Å². The van der Waals surface area contributed by atoms with E-state index in [9.17, 15) is 5.11 Å². The monoisotopic (exact) mass is 261 g/mol. The summed E-state index contributed by atoms with van der Waals surface area (Å²) in [6, 6.07) is 6.31. The molecule has 106 valence electrons. The highest BCUT2D eigenvalue weighted by Crippen LogP contribution is 2.47. The van der Waals surface area contributed by atoms with Gasteiger partial charge in [-0.25, -0.2) is 0 Å².